The molecule has 2 aromatic carbocycles. The van der Waals surface area contributed by atoms with E-state index in [-0.39, 0.29) is 22.8 Å². The maximum Gasteiger partial charge on any atom is 0.417 e. The molecule has 0 radical (unpaired) electrons. The van der Waals surface area contributed by atoms with E-state index >= 15 is 0 Å². The lowest BCUT2D eigenvalue weighted by Gasteiger charge is -2.26. The van der Waals surface area contributed by atoms with Crippen molar-refractivity contribution in [2.45, 2.75) is 25.6 Å². The Morgan fingerprint density at radius 3 is 2.16 bits per heavy atom. The van der Waals surface area contributed by atoms with Gasteiger partial charge in [0.05, 0.1) is 17.2 Å². The first-order valence-corrected chi connectivity index (χ1v) is 8.70. The second kappa shape index (κ2) is 7.61. The van der Waals surface area contributed by atoms with E-state index < -0.39 is 40.5 Å². The highest BCUT2D eigenvalue weighted by molar-refractivity contribution is 5.63. The molecule has 0 bridgehead atoms. The third kappa shape index (κ3) is 4.19. The molecule has 0 unspecified atom stereocenters. The van der Waals surface area contributed by atoms with Gasteiger partial charge in [0.25, 0.3) is 0 Å². The fraction of sp³-hybridized carbons (Fsp3) is 0.250. The molecular weight excluding hydrogens is 426 g/mol. The predicted molar refractivity (Wildman–Crippen MR) is 96.1 cm³/mol. The minimum Gasteiger partial charge on any atom is -0.474 e. The van der Waals surface area contributed by atoms with Crippen LogP contribution in [0.2, 0.25) is 0 Å². The SMILES string of the molecule is Cn1c(-c2ccc(C#N)cc2C(F)(F)F)nnc1C(C)(C)Oc1c(F)cc(F)cc1F. The molecule has 162 valence electrons. The molecule has 1 aromatic heterocycles. The van der Waals surface area contributed by atoms with Crippen LogP contribution in [-0.2, 0) is 18.8 Å². The number of aromatic nitrogens is 3. The van der Waals surface area contributed by atoms with Gasteiger partial charge >= 0.3 is 6.18 Å². The number of nitriles is 1. The lowest BCUT2D eigenvalue weighted by molar-refractivity contribution is -0.137. The van der Waals surface area contributed by atoms with E-state index in [0.29, 0.717) is 18.2 Å². The topological polar surface area (TPSA) is 63.7 Å². The molecule has 0 saturated heterocycles. The van der Waals surface area contributed by atoms with Crippen LogP contribution in [0.1, 0.15) is 30.8 Å². The molecule has 0 spiro atoms. The van der Waals surface area contributed by atoms with Gasteiger partial charge in [-0.1, -0.05) is 0 Å². The number of rotatable bonds is 4. The van der Waals surface area contributed by atoms with Gasteiger partial charge in [0, 0.05) is 24.7 Å². The zero-order valence-corrected chi connectivity index (χ0v) is 16.4. The molecule has 0 saturated carbocycles. The lowest BCUT2D eigenvalue weighted by Crippen LogP contribution is -2.30. The van der Waals surface area contributed by atoms with Crippen molar-refractivity contribution in [2.24, 2.45) is 7.05 Å². The monoisotopic (exact) mass is 440 g/mol. The Hall–Kier alpha value is -3.55. The van der Waals surface area contributed by atoms with Crippen LogP contribution in [0.5, 0.6) is 5.75 Å². The Balaban J connectivity index is 2.08. The van der Waals surface area contributed by atoms with E-state index in [2.05, 4.69) is 10.2 Å². The first-order valence-electron chi connectivity index (χ1n) is 8.70. The Bertz CT molecular complexity index is 1170. The third-order valence-electron chi connectivity index (χ3n) is 4.43. The Kier molecular flexibility index (Phi) is 5.43. The van der Waals surface area contributed by atoms with Gasteiger partial charge in [-0.05, 0) is 32.0 Å². The standard InChI is InChI=1S/C20H14F6N4O/c1-19(2,31-16-14(22)7-11(21)8-15(16)23)18-29-28-17(30(18)3)12-5-4-10(9-27)6-13(12)20(24,25)26/h4-8H,1-3H3. The molecule has 3 aromatic rings. The molecule has 5 nitrogen and oxygen atoms in total. The van der Waals surface area contributed by atoms with Crippen LogP contribution in [0.4, 0.5) is 26.3 Å². The molecule has 0 aliphatic rings. The summed E-state index contributed by atoms with van der Waals surface area (Å²) in [5.74, 6) is -4.85. The molecule has 3 rings (SSSR count). The molecule has 0 amide bonds. The van der Waals surface area contributed by atoms with Crippen molar-refractivity contribution < 1.29 is 31.1 Å². The van der Waals surface area contributed by atoms with Crippen molar-refractivity contribution >= 4 is 0 Å². The highest BCUT2D eigenvalue weighted by Gasteiger charge is 2.37. The smallest absolute Gasteiger partial charge is 0.417 e. The van der Waals surface area contributed by atoms with Crippen LogP contribution in [0.3, 0.4) is 0 Å². The van der Waals surface area contributed by atoms with E-state index in [1.165, 1.54) is 31.5 Å². The summed E-state index contributed by atoms with van der Waals surface area (Å²) in [7, 11) is 1.35. The predicted octanol–water partition coefficient (Wildman–Crippen LogP) is 5.10. The lowest BCUT2D eigenvalue weighted by atomic mass is 10.0. The number of hydrogen-bond donors (Lipinski definition) is 0. The van der Waals surface area contributed by atoms with Crippen molar-refractivity contribution in [3.63, 3.8) is 0 Å². The summed E-state index contributed by atoms with van der Waals surface area (Å²) >= 11 is 0. The van der Waals surface area contributed by atoms with Crippen LogP contribution in [0.25, 0.3) is 11.4 Å². The minimum atomic E-state index is -4.78. The molecule has 11 heteroatoms. The summed E-state index contributed by atoms with van der Waals surface area (Å²) in [4.78, 5) is 0. The van der Waals surface area contributed by atoms with Crippen LogP contribution >= 0.6 is 0 Å². The molecule has 31 heavy (non-hydrogen) atoms. The van der Waals surface area contributed by atoms with Crippen LogP contribution in [0, 0.1) is 28.8 Å². The summed E-state index contributed by atoms with van der Waals surface area (Å²) < 4.78 is 88.2. The molecule has 0 aliphatic carbocycles. The largest absolute Gasteiger partial charge is 0.474 e. The van der Waals surface area contributed by atoms with E-state index in [9.17, 15) is 26.3 Å². The molecular formula is C20H14F6N4O. The maximum absolute atomic E-state index is 14.0. The molecule has 0 aliphatic heterocycles. The van der Waals surface area contributed by atoms with Gasteiger partial charge in [0.15, 0.2) is 34.6 Å². The van der Waals surface area contributed by atoms with E-state index in [0.717, 1.165) is 6.07 Å². The summed E-state index contributed by atoms with van der Waals surface area (Å²) in [6.07, 6.45) is -4.78. The molecule has 0 atom stereocenters. The van der Waals surface area contributed by atoms with E-state index in [1.54, 1.807) is 6.07 Å². The second-order valence-corrected chi connectivity index (χ2v) is 7.09. The van der Waals surface area contributed by atoms with Gasteiger partial charge in [-0.15, -0.1) is 10.2 Å². The minimum absolute atomic E-state index is 0.0527. The van der Waals surface area contributed by atoms with Gasteiger partial charge in [0.2, 0.25) is 0 Å². The van der Waals surface area contributed by atoms with Gasteiger partial charge < -0.3 is 9.30 Å². The normalized spacial score (nSPS) is 12.0. The number of halogens is 6. The zero-order chi connectivity index (χ0) is 23.1. The second-order valence-electron chi connectivity index (χ2n) is 7.09. The molecule has 0 N–H and O–H groups in total. The first kappa shape index (κ1) is 22.1. The molecule has 0 fully saturated rings. The Morgan fingerprint density at radius 1 is 1.00 bits per heavy atom. The van der Waals surface area contributed by atoms with E-state index in [1.807, 2.05) is 0 Å². The van der Waals surface area contributed by atoms with Crippen molar-refractivity contribution in [3.05, 3.63) is 64.7 Å². The number of ether oxygens (including phenoxy) is 1. The van der Waals surface area contributed by atoms with Gasteiger partial charge in [-0.25, -0.2) is 13.2 Å². The number of alkyl halides is 3. The van der Waals surface area contributed by atoms with Crippen molar-refractivity contribution in [1.82, 2.24) is 14.8 Å². The number of nitrogens with zero attached hydrogens (tertiary/aromatic N) is 4. The van der Waals surface area contributed by atoms with Crippen LogP contribution < -0.4 is 4.74 Å². The van der Waals surface area contributed by atoms with E-state index in [4.69, 9.17) is 10.00 Å². The summed E-state index contributed by atoms with van der Waals surface area (Å²) in [5.41, 5.74) is -3.19. The van der Waals surface area contributed by atoms with Gasteiger partial charge in [-0.3, -0.25) is 0 Å². The number of benzene rings is 2. The highest BCUT2D eigenvalue weighted by Crippen LogP contribution is 2.38. The third-order valence-corrected chi connectivity index (χ3v) is 4.43. The summed E-state index contributed by atoms with van der Waals surface area (Å²) in [5, 5.41) is 16.5. The quantitative estimate of drug-likeness (QED) is 0.530. The first-order chi connectivity index (χ1) is 14.3. The maximum atomic E-state index is 14.0. The average Bonchev–Trinajstić information content (AvgIpc) is 3.05. The summed E-state index contributed by atoms with van der Waals surface area (Å²) in [6.45, 7) is 2.74. The number of hydrogen-bond acceptors (Lipinski definition) is 4. The Labute approximate surface area is 172 Å². The van der Waals surface area contributed by atoms with Gasteiger partial charge in [0.1, 0.15) is 5.82 Å². The van der Waals surface area contributed by atoms with Crippen LogP contribution in [-0.4, -0.2) is 14.8 Å². The fourth-order valence-corrected chi connectivity index (χ4v) is 3.06. The Morgan fingerprint density at radius 2 is 1.61 bits per heavy atom. The van der Waals surface area contributed by atoms with Crippen molar-refractivity contribution in [2.75, 3.05) is 0 Å². The van der Waals surface area contributed by atoms with Crippen LogP contribution in [0.15, 0.2) is 30.3 Å². The van der Waals surface area contributed by atoms with Crippen molar-refractivity contribution in [1.29, 1.82) is 5.26 Å². The summed E-state index contributed by atoms with van der Waals surface area (Å²) in [6, 6.07) is 5.48. The average molecular weight is 440 g/mol. The fourth-order valence-electron chi connectivity index (χ4n) is 3.06. The van der Waals surface area contributed by atoms with Crippen molar-refractivity contribution in [3.8, 4) is 23.2 Å². The zero-order valence-electron chi connectivity index (χ0n) is 16.4. The highest BCUT2D eigenvalue weighted by atomic mass is 19.4. The molecule has 1 heterocycles. The van der Waals surface area contributed by atoms with Gasteiger partial charge in [-0.2, -0.15) is 18.4 Å².